The topological polar surface area (TPSA) is 58.4 Å². The normalized spacial score (nSPS) is 20.2. The molecule has 0 aliphatic carbocycles. The molecule has 1 unspecified atom stereocenters. The maximum Gasteiger partial charge on any atom is 0.103 e. The fourth-order valence-electron chi connectivity index (χ4n) is 2.54. The fraction of sp³-hybridized carbons (Fsp3) is 0.632. The summed E-state index contributed by atoms with van der Waals surface area (Å²) in [6.07, 6.45) is 8.03. The first-order valence-corrected chi connectivity index (χ1v) is 8.51. The van der Waals surface area contributed by atoms with Gasteiger partial charge in [0, 0.05) is 0 Å². The number of hydrogen-bond donors (Lipinski definition) is 1. The number of aliphatic hydroxyl groups is 1. The lowest BCUT2D eigenvalue weighted by molar-refractivity contribution is 0.260. The van der Waals surface area contributed by atoms with E-state index in [0.29, 0.717) is 0 Å². The Morgan fingerprint density at radius 2 is 2.09 bits per heavy atom. The lowest BCUT2D eigenvalue weighted by Crippen LogP contribution is -2.13. The molecule has 0 fully saturated rings. The van der Waals surface area contributed by atoms with Crippen molar-refractivity contribution in [2.75, 3.05) is 6.61 Å². The standard InChI is InChI=1S/C19H29N3O/c1-13(19(3,4)5)10-17-14(2)21-18(11-20-17)16-9-7-6-8-15(12-23)22-16/h10-11,15,23H,6-9,12H2,1-5H3/b13-10+. The van der Waals surface area contributed by atoms with Gasteiger partial charge >= 0.3 is 0 Å². The van der Waals surface area contributed by atoms with E-state index in [1.54, 1.807) is 0 Å². The average molecular weight is 315 g/mol. The summed E-state index contributed by atoms with van der Waals surface area (Å²) in [5.41, 5.74) is 5.11. The van der Waals surface area contributed by atoms with Gasteiger partial charge in [0.15, 0.2) is 0 Å². The Bertz CT molecular complexity index is 612. The molecule has 0 radical (unpaired) electrons. The zero-order valence-corrected chi connectivity index (χ0v) is 15.1. The van der Waals surface area contributed by atoms with Gasteiger partial charge in [-0.25, -0.2) is 4.98 Å². The molecule has 1 N–H and O–H groups in total. The van der Waals surface area contributed by atoms with E-state index in [4.69, 9.17) is 4.98 Å². The third-order valence-corrected chi connectivity index (χ3v) is 4.57. The Hall–Kier alpha value is -1.55. The van der Waals surface area contributed by atoms with Crippen LogP contribution in [-0.2, 0) is 0 Å². The molecule has 0 bridgehead atoms. The lowest BCUT2D eigenvalue weighted by atomic mass is 9.87. The van der Waals surface area contributed by atoms with Crippen LogP contribution in [0.4, 0.5) is 0 Å². The summed E-state index contributed by atoms with van der Waals surface area (Å²) in [5.74, 6) is 0. The molecule has 0 aromatic carbocycles. The second-order valence-electron chi connectivity index (χ2n) is 7.46. The number of aromatic nitrogens is 2. The van der Waals surface area contributed by atoms with Crippen LogP contribution in [0.2, 0.25) is 0 Å². The van der Waals surface area contributed by atoms with E-state index in [1.807, 2.05) is 13.1 Å². The quantitative estimate of drug-likeness (QED) is 0.918. The molecular formula is C19H29N3O. The Kier molecular flexibility index (Phi) is 5.69. The van der Waals surface area contributed by atoms with E-state index < -0.39 is 0 Å². The van der Waals surface area contributed by atoms with Gasteiger partial charge in [-0.2, -0.15) is 0 Å². The van der Waals surface area contributed by atoms with Crippen molar-refractivity contribution in [3.8, 4) is 0 Å². The van der Waals surface area contributed by atoms with E-state index in [0.717, 1.165) is 48.5 Å². The zero-order chi connectivity index (χ0) is 17.0. The molecule has 2 rings (SSSR count). The minimum absolute atomic E-state index is 0.0114. The van der Waals surface area contributed by atoms with Crippen molar-refractivity contribution in [3.05, 3.63) is 28.9 Å². The Morgan fingerprint density at radius 3 is 2.70 bits per heavy atom. The van der Waals surface area contributed by atoms with Gasteiger partial charge in [0.2, 0.25) is 0 Å². The maximum atomic E-state index is 9.40. The number of rotatable bonds is 3. The summed E-state index contributed by atoms with van der Waals surface area (Å²) >= 11 is 0. The van der Waals surface area contributed by atoms with Crippen molar-refractivity contribution in [2.24, 2.45) is 10.4 Å². The highest BCUT2D eigenvalue weighted by Gasteiger charge is 2.17. The Balaban J connectivity index is 2.30. The first kappa shape index (κ1) is 17.8. The lowest BCUT2D eigenvalue weighted by Gasteiger charge is -2.19. The van der Waals surface area contributed by atoms with E-state index in [9.17, 15) is 5.11 Å². The number of allylic oxidation sites excluding steroid dienone is 1. The Morgan fingerprint density at radius 1 is 1.35 bits per heavy atom. The minimum Gasteiger partial charge on any atom is -0.394 e. The van der Waals surface area contributed by atoms with Crippen LogP contribution in [-0.4, -0.2) is 33.4 Å². The zero-order valence-electron chi connectivity index (χ0n) is 15.1. The molecule has 0 saturated carbocycles. The van der Waals surface area contributed by atoms with Gasteiger partial charge < -0.3 is 5.11 Å². The van der Waals surface area contributed by atoms with Gasteiger partial charge in [-0.15, -0.1) is 0 Å². The molecule has 1 aromatic rings. The van der Waals surface area contributed by atoms with Gasteiger partial charge in [0.05, 0.1) is 35.9 Å². The number of hydrogen-bond acceptors (Lipinski definition) is 4. The van der Waals surface area contributed by atoms with Gasteiger partial charge in [-0.3, -0.25) is 9.98 Å². The largest absolute Gasteiger partial charge is 0.394 e. The molecule has 4 heteroatoms. The monoisotopic (exact) mass is 315 g/mol. The highest BCUT2D eigenvalue weighted by Crippen LogP contribution is 2.26. The van der Waals surface area contributed by atoms with E-state index in [2.05, 4.69) is 43.7 Å². The smallest absolute Gasteiger partial charge is 0.103 e. The Labute approximate surface area is 139 Å². The third-order valence-electron chi connectivity index (χ3n) is 4.57. The van der Waals surface area contributed by atoms with E-state index in [-0.39, 0.29) is 18.1 Å². The van der Waals surface area contributed by atoms with Crippen molar-refractivity contribution in [2.45, 2.75) is 66.3 Å². The molecule has 23 heavy (non-hydrogen) atoms. The summed E-state index contributed by atoms with van der Waals surface area (Å²) in [7, 11) is 0. The molecule has 1 aromatic heterocycles. The molecule has 2 heterocycles. The summed E-state index contributed by atoms with van der Waals surface area (Å²) in [5, 5.41) is 9.40. The molecule has 1 atom stereocenters. The summed E-state index contributed by atoms with van der Waals surface area (Å²) in [6, 6.07) is 0.0114. The molecule has 1 aliphatic rings. The predicted molar refractivity (Wildman–Crippen MR) is 95.8 cm³/mol. The predicted octanol–water partition coefficient (Wildman–Crippen LogP) is 3.96. The van der Waals surface area contributed by atoms with Crippen molar-refractivity contribution in [3.63, 3.8) is 0 Å². The summed E-state index contributed by atoms with van der Waals surface area (Å²) in [4.78, 5) is 14.0. The third kappa shape index (κ3) is 4.71. The van der Waals surface area contributed by atoms with Crippen LogP contribution in [0.25, 0.3) is 6.08 Å². The van der Waals surface area contributed by atoms with Crippen LogP contribution in [0, 0.1) is 12.3 Å². The van der Waals surface area contributed by atoms with Gasteiger partial charge in [-0.1, -0.05) is 32.8 Å². The first-order valence-electron chi connectivity index (χ1n) is 8.51. The average Bonchev–Trinajstić information content (AvgIpc) is 2.73. The highest BCUT2D eigenvalue weighted by atomic mass is 16.3. The minimum atomic E-state index is 0.0114. The van der Waals surface area contributed by atoms with Crippen molar-refractivity contribution in [1.82, 2.24) is 9.97 Å². The number of aryl methyl sites for hydroxylation is 1. The number of aliphatic imine (C=N–C) groups is 1. The second-order valence-corrected chi connectivity index (χ2v) is 7.46. The fourth-order valence-corrected chi connectivity index (χ4v) is 2.54. The van der Waals surface area contributed by atoms with Crippen LogP contribution >= 0.6 is 0 Å². The van der Waals surface area contributed by atoms with Crippen LogP contribution in [0.1, 0.15) is 70.5 Å². The van der Waals surface area contributed by atoms with Crippen LogP contribution in [0.15, 0.2) is 16.8 Å². The first-order chi connectivity index (χ1) is 10.8. The molecule has 0 amide bonds. The second kappa shape index (κ2) is 7.35. The molecule has 0 spiro atoms. The molecular weight excluding hydrogens is 286 g/mol. The van der Waals surface area contributed by atoms with Crippen LogP contribution < -0.4 is 0 Å². The molecule has 0 saturated heterocycles. The van der Waals surface area contributed by atoms with Gasteiger partial charge in [0.25, 0.3) is 0 Å². The summed E-state index contributed by atoms with van der Waals surface area (Å²) in [6.45, 7) is 10.8. The highest BCUT2D eigenvalue weighted by molar-refractivity contribution is 5.99. The molecule has 126 valence electrons. The number of aliphatic hydroxyl groups excluding tert-OH is 1. The van der Waals surface area contributed by atoms with Crippen LogP contribution in [0.3, 0.4) is 0 Å². The van der Waals surface area contributed by atoms with Gasteiger partial charge in [-0.05, 0) is 44.6 Å². The van der Waals surface area contributed by atoms with E-state index in [1.165, 1.54) is 5.57 Å². The summed E-state index contributed by atoms with van der Waals surface area (Å²) < 4.78 is 0. The maximum absolute atomic E-state index is 9.40. The number of nitrogens with zero attached hydrogens (tertiary/aromatic N) is 3. The molecule has 4 nitrogen and oxygen atoms in total. The van der Waals surface area contributed by atoms with Crippen molar-refractivity contribution >= 4 is 11.8 Å². The van der Waals surface area contributed by atoms with E-state index >= 15 is 0 Å². The van der Waals surface area contributed by atoms with Crippen molar-refractivity contribution < 1.29 is 5.11 Å². The molecule has 1 aliphatic heterocycles. The van der Waals surface area contributed by atoms with Gasteiger partial charge in [0.1, 0.15) is 5.69 Å². The van der Waals surface area contributed by atoms with Crippen LogP contribution in [0.5, 0.6) is 0 Å². The SMILES string of the molecule is C/C(=C\c1ncc(C2=NC(CO)CCCC2)nc1C)C(C)(C)C. The van der Waals surface area contributed by atoms with Crippen molar-refractivity contribution in [1.29, 1.82) is 0 Å².